The fraction of sp³-hybridized carbons (Fsp3) is 0.364. The summed E-state index contributed by atoms with van der Waals surface area (Å²) in [5, 5.41) is 0. The number of nitrogens with zero attached hydrogens (tertiary/aromatic N) is 2. The third kappa shape index (κ3) is 12.2. The van der Waals surface area contributed by atoms with Crippen molar-refractivity contribution in [3.8, 4) is 56.6 Å². The topological polar surface area (TPSA) is 53.1 Å². The van der Waals surface area contributed by atoms with Crippen LogP contribution >= 0.6 is 0 Å². The molecule has 6 nitrogen and oxygen atoms in total. The van der Waals surface area contributed by atoms with Gasteiger partial charge in [0.1, 0.15) is 23.0 Å². The minimum absolute atomic E-state index is 0.518. The SMILES string of the molecule is CCCCCCc1ccc(N(c2ccc(CCCCCC)cc2)c2ccc(-c3cc(-c4ccc(OCC)cc4OCC)nc(-c4ccc(OCC)cc4OCC)c3)cc2)cc1. The first-order chi connectivity index (χ1) is 30.0. The predicted octanol–water partition coefficient (Wildman–Crippen LogP) is 15.4. The zero-order valence-corrected chi connectivity index (χ0v) is 37.5. The fourth-order valence-electron chi connectivity index (χ4n) is 7.85. The third-order valence-corrected chi connectivity index (χ3v) is 11.0. The van der Waals surface area contributed by atoms with Crippen molar-refractivity contribution in [3.05, 3.63) is 132 Å². The fourth-order valence-corrected chi connectivity index (χ4v) is 7.85. The van der Waals surface area contributed by atoms with Gasteiger partial charge in [-0.3, -0.25) is 0 Å². The van der Waals surface area contributed by atoms with Crippen LogP contribution in [0.1, 0.15) is 104 Å². The van der Waals surface area contributed by atoms with Gasteiger partial charge in [-0.15, -0.1) is 0 Å². The van der Waals surface area contributed by atoms with Crippen molar-refractivity contribution in [2.24, 2.45) is 0 Å². The van der Waals surface area contributed by atoms with Crippen LogP contribution in [0.5, 0.6) is 23.0 Å². The molecule has 0 saturated carbocycles. The standard InChI is InChI=1S/C55H66N2O4/c1-7-13-15-17-19-41-21-27-45(28-22-41)57(46-29-23-42(24-30-46)20-18-16-14-8-2)47-31-25-43(26-32-47)44-37-52(50-35-33-48(58-9-3)39-54(50)60-11-5)56-53(38-44)51-36-34-49(59-10-4)40-55(51)61-12-6/h21-40H,7-20H2,1-6H3. The minimum Gasteiger partial charge on any atom is -0.494 e. The van der Waals surface area contributed by atoms with Gasteiger partial charge in [0.2, 0.25) is 0 Å². The quantitative estimate of drug-likeness (QED) is 0.0567. The Balaban J connectivity index is 1.41. The highest BCUT2D eigenvalue weighted by Gasteiger charge is 2.18. The molecule has 0 amide bonds. The number of hydrogen-bond acceptors (Lipinski definition) is 6. The Morgan fingerprint density at radius 1 is 0.393 bits per heavy atom. The maximum Gasteiger partial charge on any atom is 0.132 e. The van der Waals surface area contributed by atoms with Crippen LogP contribution in [0.4, 0.5) is 17.1 Å². The van der Waals surface area contributed by atoms with Crippen molar-refractivity contribution < 1.29 is 18.9 Å². The Morgan fingerprint density at radius 2 is 0.803 bits per heavy atom. The summed E-state index contributed by atoms with van der Waals surface area (Å²) in [4.78, 5) is 7.65. The van der Waals surface area contributed by atoms with Gasteiger partial charge in [-0.25, -0.2) is 4.98 Å². The normalized spacial score (nSPS) is 11.0. The summed E-state index contributed by atoms with van der Waals surface area (Å²) in [7, 11) is 0. The summed E-state index contributed by atoms with van der Waals surface area (Å²) in [6.07, 6.45) is 12.3. The van der Waals surface area contributed by atoms with Crippen LogP contribution < -0.4 is 23.8 Å². The smallest absolute Gasteiger partial charge is 0.132 e. The van der Waals surface area contributed by atoms with Gasteiger partial charge in [-0.1, -0.05) is 88.8 Å². The first-order valence-electron chi connectivity index (χ1n) is 22.9. The van der Waals surface area contributed by atoms with E-state index in [4.69, 9.17) is 23.9 Å². The minimum atomic E-state index is 0.518. The number of ether oxygens (including phenoxy) is 4. The van der Waals surface area contributed by atoms with Crippen LogP contribution in [0.15, 0.2) is 121 Å². The van der Waals surface area contributed by atoms with Gasteiger partial charge in [0.25, 0.3) is 0 Å². The van der Waals surface area contributed by atoms with E-state index < -0.39 is 0 Å². The molecule has 6 heteroatoms. The molecular weight excluding hydrogens is 753 g/mol. The van der Waals surface area contributed by atoms with Gasteiger partial charge in [0, 0.05) is 40.3 Å². The van der Waals surface area contributed by atoms with Crippen molar-refractivity contribution in [1.82, 2.24) is 4.98 Å². The molecule has 0 aliphatic carbocycles. The lowest BCUT2D eigenvalue weighted by atomic mass is 9.98. The van der Waals surface area contributed by atoms with Gasteiger partial charge >= 0.3 is 0 Å². The van der Waals surface area contributed by atoms with Crippen molar-refractivity contribution in [2.75, 3.05) is 31.3 Å². The summed E-state index contributed by atoms with van der Waals surface area (Å²) in [6, 6.07) is 43.5. The number of benzene rings is 5. The van der Waals surface area contributed by atoms with E-state index in [1.165, 1.54) is 62.5 Å². The Morgan fingerprint density at radius 3 is 1.20 bits per heavy atom. The first kappa shape index (κ1) is 44.8. The number of rotatable bonds is 24. The molecule has 0 bridgehead atoms. The lowest BCUT2D eigenvalue weighted by molar-refractivity contribution is 0.323. The van der Waals surface area contributed by atoms with E-state index in [9.17, 15) is 0 Å². The van der Waals surface area contributed by atoms with Crippen molar-refractivity contribution in [3.63, 3.8) is 0 Å². The van der Waals surface area contributed by atoms with Crippen molar-refractivity contribution in [2.45, 2.75) is 106 Å². The Bertz CT molecular complexity index is 2100. The lowest BCUT2D eigenvalue weighted by Gasteiger charge is -2.26. The van der Waals surface area contributed by atoms with E-state index >= 15 is 0 Å². The molecule has 0 saturated heterocycles. The maximum atomic E-state index is 6.21. The molecule has 5 aromatic carbocycles. The summed E-state index contributed by atoms with van der Waals surface area (Å²) in [6.45, 7) is 14.7. The highest BCUT2D eigenvalue weighted by atomic mass is 16.5. The van der Waals surface area contributed by atoms with E-state index in [0.717, 1.165) is 86.5 Å². The van der Waals surface area contributed by atoms with E-state index in [2.05, 4.69) is 104 Å². The number of pyridine rings is 1. The monoisotopic (exact) mass is 819 g/mol. The number of unbranched alkanes of at least 4 members (excludes halogenated alkanes) is 6. The average Bonchev–Trinajstić information content (AvgIpc) is 3.28. The highest BCUT2D eigenvalue weighted by molar-refractivity contribution is 5.83. The number of aromatic nitrogens is 1. The van der Waals surface area contributed by atoms with Gasteiger partial charge in [-0.2, -0.15) is 0 Å². The van der Waals surface area contributed by atoms with Crippen LogP contribution in [0.25, 0.3) is 33.6 Å². The summed E-state index contributed by atoms with van der Waals surface area (Å²) in [5.41, 5.74) is 11.7. The van der Waals surface area contributed by atoms with Crippen LogP contribution in [0.3, 0.4) is 0 Å². The highest BCUT2D eigenvalue weighted by Crippen LogP contribution is 2.41. The van der Waals surface area contributed by atoms with E-state index in [1.54, 1.807) is 0 Å². The molecule has 0 aliphatic rings. The maximum absolute atomic E-state index is 6.21. The largest absolute Gasteiger partial charge is 0.494 e. The molecule has 0 N–H and O–H groups in total. The van der Waals surface area contributed by atoms with Crippen LogP contribution in [0.2, 0.25) is 0 Å². The molecule has 61 heavy (non-hydrogen) atoms. The van der Waals surface area contributed by atoms with Crippen molar-refractivity contribution >= 4 is 17.1 Å². The lowest BCUT2D eigenvalue weighted by Crippen LogP contribution is -2.10. The number of hydrogen-bond donors (Lipinski definition) is 0. The van der Waals surface area contributed by atoms with Gasteiger partial charge in [0.05, 0.1) is 37.8 Å². The molecule has 1 heterocycles. The molecular formula is C55H66N2O4. The molecule has 320 valence electrons. The second-order valence-corrected chi connectivity index (χ2v) is 15.5. The van der Waals surface area contributed by atoms with E-state index in [0.29, 0.717) is 26.4 Å². The third-order valence-electron chi connectivity index (χ3n) is 11.0. The van der Waals surface area contributed by atoms with Gasteiger partial charge in [-0.05, 0) is 148 Å². The second-order valence-electron chi connectivity index (χ2n) is 15.5. The molecule has 0 atom stereocenters. The zero-order chi connectivity index (χ0) is 42.8. The predicted molar refractivity (Wildman–Crippen MR) is 256 cm³/mol. The molecule has 6 aromatic rings. The van der Waals surface area contributed by atoms with Crippen LogP contribution in [-0.4, -0.2) is 31.4 Å². The number of aryl methyl sites for hydroxylation is 2. The van der Waals surface area contributed by atoms with E-state index in [-0.39, 0.29) is 0 Å². The molecule has 6 rings (SSSR count). The Hall–Kier alpha value is -5.75. The second kappa shape index (κ2) is 23.3. The number of anilines is 3. The Labute approximate surface area is 365 Å². The zero-order valence-electron chi connectivity index (χ0n) is 37.5. The van der Waals surface area contributed by atoms with E-state index in [1.807, 2.05) is 64.1 Å². The van der Waals surface area contributed by atoms with Crippen LogP contribution in [-0.2, 0) is 12.8 Å². The van der Waals surface area contributed by atoms with Gasteiger partial charge < -0.3 is 23.8 Å². The first-order valence-corrected chi connectivity index (χ1v) is 22.9. The average molecular weight is 819 g/mol. The molecule has 0 unspecified atom stereocenters. The summed E-state index contributed by atoms with van der Waals surface area (Å²) < 4.78 is 24.1. The van der Waals surface area contributed by atoms with Crippen molar-refractivity contribution in [1.29, 1.82) is 0 Å². The molecule has 0 radical (unpaired) electrons. The summed E-state index contributed by atoms with van der Waals surface area (Å²) >= 11 is 0. The summed E-state index contributed by atoms with van der Waals surface area (Å²) in [5.74, 6) is 2.98. The molecule has 1 aromatic heterocycles. The molecule has 0 aliphatic heterocycles. The molecule has 0 fully saturated rings. The van der Waals surface area contributed by atoms with Gasteiger partial charge in [0.15, 0.2) is 0 Å². The molecule has 0 spiro atoms. The van der Waals surface area contributed by atoms with Crippen LogP contribution in [0, 0.1) is 0 Å². The Kier molecular flexibility index (Phi) is 17.1.